The van der Waals surface area contributed by atoms with Gasteiger partial charge in [0.2, 0.25) is 5.91 Å². The van der Waals surface area contributed by atoms with Gasteiger partial charge in [0.15, 0.2) is 6.61 Å². The van der Waals surface area contributed by atoms with E-state index in [1.807, 2.05) is 28.8 Å². The molecular formula is C20H20N4O4. The second-order valence-electron chi connectivity index (χ2n) is 5.96. The minimum Gasteiger partial charge on any atom is -0.452 e. The lowest BCUT2D eigenvalue weighted by Gasteiger charge is -2.08. The largest absolute Gasteiger partial charge is 0.452 e. The Morgan fingerprint density at radius 1 is 1.00 bits per heavy atom. The van der Waals surface area contributed by atoms with Crippen LogP contribution in [0.4, 0.5) is 0 Å². The van der Waals surface area contributed by atoms with Crippen LogP contribution in [-0.2, 0) is 14.3 Å². The molecule has 0 atom stereocenters. The van der Waals surface area contributed by atoms with Crippen molar-refractivity contribution in [2.75, 3.05) is 19.7 Å². The van der Waals surface area contributed by atoms with E-state index in [1.54, 1.807) is 37.5 Å². The fraction of sp³-hybridized carbons (Fsp3) is 0.200. The Kier molecular flexibility index (Phi) is 6.01. The first-order chi connectivity index (χ1) is 13.6. The van der Waals surface area contributed by atoms with Crippen molar-refractivity contribution in [2.24, 2.45) is 0 Å². The summed E-state index contributed by atoms with van der Waals surface area (Å²) in [4.78, 5) is 39.4. The summed E-state index contributed by atoms with van der Waals surface area (Å²) < 4.78 is 6.90. The topological polar surface area (TPSA) is 102 Å². The van der Waals surface area contributed by atoms with Gasteiger partial charge >= 0.3 is 5.97 Å². The monoisotopic (exact) mass is 380 g/mol. The zero-order valence-electron chi connectivity index (χ0n) is 15.3. The molecule has 0 saturated heterocycles. The van der Waals surface area contributed by atoms with Gasteiger partial charge in [-0.05, 0) is 43.3 Å². The standard InChI is InChI=1S/C20H20N4O4/c1-2-21-18(25)11-22-19(26)12-28-20(27)14-7-9-15(10-8-14)24-13-23-16-5-3-4-6-17(16)24/h3-10,13H,2,11-12H2,1H3,(H,21,25)(H,22,26). The molecule has 144 valence electrons. The van der Waals surface area contributed by atoms with Crippen LogP contribution in [0.15, 0.2) is 54.9 Å². The molecule has 0 saturated carbocycles. The van der Waals surface area contributed by atoms with Crippen LogP contribution >= 0.6 is 0 Å². The first-order valence-corrected chi connectivity index (χ1v) is 8.81. The minimum atomic E-state index is -0.616. The Morgan fingerprint density at radius 3 is 2.50 bits per heavy atom. The molecular weight excluding hydrogens is 360 g/mol. The van der Waals surface area contributed by atoms with Gasteiger partial charge < -0.3 is 15.4 Å². The molecule has 2 amide bonds. The fourth-order valence-electron chi connectivity index (χ4n) is 2.63. The fourth-order valence-corrected chi connectivity index (χ4v) is 2.63. The number of ether oxygens (including phenoxy) is 1. The number of rotatable bonds is 7. The lowest BCUT2D eigenvalue weighted by atomic mass is 10.2. The molecule has 0 radical (unpaired) electrons. The van der Waals surface area contributed by atoms with E-state index in [0.717, 1.165) is 16.7 Å². The summed E-state index contributed by atoms with van der Waals surface area (Å²) >= 11 is 0. The van der Waals surface area contributed by atoms with Gasteiger partial charge in [0.05, 0.1) is 23.1 Å². The van der Waals surface area contributed by atoms with Gasteiger partial charge in [-0.25, -0.2) is 9.78 Å². The molecule has 0 aliphatic rings. The Labute approximate surface area is 161 Å². The van der Waals surface area contributed by atoms with E-state index in [4.69, 9.17) is 4.74 Å². The van der Waals surface area contributed by atoms with Gasteiger partial charge in [-0.2, -0.15) is 0 Å². The Bertz CT molecular complexity index is 995. The molecule has 3 aromatic rings. The van der Waals surface area contributed by atoms with Crippen LogP contribution in [0.25, 0.3) is 16.7 Å². The number of benzene rings is 2. The van der Waals surface area contributed by atoms with Crippen molar-refractivity contribution in [1.82, 2.24) is 20.2 Å². The number of nitrogens with zero attached hydrogens (tertiary/aromatic N) is 2. The smallest absolute Gasteiger partial charge is 0.338 e. The van der Waals surface area contributed by atoms with Crippen molar-refractivity contribution in [1.29, 1.82) is 0 Å². The molecule has 0 unspecified atom stereocenters. The van der Waals surface area contributed by atoms with Crippen molar-refractivity contribution in [2.45, 2.75) is 6.92 Å². The number of carbonyl (C=O) groups is 3. The number of amides is 2. The number of fused-ring (bicyclic) bond motifs is 1. The summed E-state index contributed by atoms with van der Waals surface area (Å²) in [5.41, 5.74) is 3.01. The van der Waals surface area contributed by atoms with Gasteiger partial charge in [0.25, 0.3) is 5.91 Å². The normalized spacial score (nSPS) is 10.5. The summed E-state index contributed by atoms with van der Waals surface area (Å²) in [5.74, 6) is -1.46. The second-order valence-corrected chi connectivity index (χ2v) is 5.96. The quantitative estimate of drug-likeness (QED) is 0.604. The molecule has 2 aromatic carbocycles. The first-order valence-electron chi connectivity index (χ1n) is 8.81. The highest BCUT2D eigenvalue weighted by Gasteiger charge is 2.12. The van der Waals surface area contributed by atoms with E-state index >= 15 is 0 Å². The number of imidazole rings is 1. The molecule has 1 aromatic heterocycles. The Balaban J connectivity index is 1.57. The SMILES string of the molecule is CCNC(=O)CNC(=O)COC(=O)c1ccc(-n2cnc3ccccc32)cc1. The van der Waals surface area contributed by atoms with Crippen LogP contribution in [0.1, 0.15) is 17.3 Å². The lowest BCUT2D eigenvalue weighted by Crippen LogP contribution is -2.38. The van der Waals surface area contributed by atoms with Crippen LogP contribution < -0.4 is 10.6 Å². The van der Waals surface area contributed by atoms with Gasteiger partial charge in [-0.15, -0.1) is 0 Å². The number of carbonyl (C=O) groups excluding carboxylic acids is 3. The number of esters is 1. The van der Waals surface area contributed by atoms with Gasteiger partial charge in [0.1, 0.15) is 6.33 Å². The molecule has 0 bridgehead atoms. The van der Waals surface area contributed by atoms with Crippen LogP contribution in [0, 0.1) is 0 Å². The third-order valence-corrected chi connectivity index (χ3v) is 3.99. The maximum atomic E-state index is 12.1. The molecule has 0 spiro atoms. The summed E-state index contributed by atoms with van der Waals surface area (Å²) in [7, 11) is 0. The Hall–Kier alpha value is -3.68. The molecule has 0 aliphatic carbocycles. The predicted molar refractivity (Wildman–Crippen MR) is 103 cm³/mol. The van der Waals surface area contributed by atoms with Gasteiger partial charge in [-0.3, -0.25) is 14.2 Å². The summed E-state index contributed by atoms with van der Waals surface area (Å²) in [6.07, 6.45) is 1.72. The average Bonchev–Trinajstić information content (AvgIpc) is 3.15. The second kappa shape index (κ2) is 8.81. The predicted octanol–water partition coefficient (Wildman–Crippen LogP) is 1.43. The van der Waals surface area contributed by atoms with Crippen LogP contribution in [0.5, 0.6) is 0 Å². The van der Waals surface area contributed by atoms with Crippen molar-refractivity contribution >= 4 is 28.8 Å². The van der Waals surface area contributed by atoms with Crippen molar-refractivity contribution < 1.29 is 19.1 Å². The summed E-state index contributed by atoms with van der Waals surface area (Å²) in [6, 6.07) is 14.5. The zero-order chi connectivity index (χ0) is 19.9. The number of hydrogen-bond acceptors (Lipinski definition) is 5. The van der Waals surface area contributed by atoms with Crippen molar-refractivity contribution in [3.63, 3.8) is 0 Å². The zero-order valence-corrected chi connectivity index (χ0v) is 15.3. The third-order valence-electron chi connectivity index (χ3n) is 3.99. The van der Waals surface area contributed by atoms with E-state index in [0.29, 0.717) is 12.1 Å². The van der Waals surface area contributed by atoms with Crippen LogP contribution in [0.3, 0.4) is 0 Å². The Morgan fingerprint density at radius 2 is 1.75 bits per heavy atom. The summed E-state index contributed by atoms with van der Waals surface area (Å²) in [5, 5.41) is 4.93. The highest BCUT2D eigenvalue weighted by atomic mass is 16.5. The number of hydrogen-bond donors (Lipinski definition) is 2. The van der Waals surface area contributed by atoms with E-state index in [1.165, 1.54) is 0 Å². The number of nitrogens with one attached hydrogen (secondary N) is 2. The molecule has 8 heteroatoms. The molecule has 8 nitrogen and oxygen atoms in total. The molecule has 2 N–H and O–H groups in total. The third kappa shape index (κ3) is 4.53. The number of likely N-dealkylation sites (N-methyl/N-ethyl adjacent to an activating group) is 1. The molecule has 3 rings (SSSR count). The van der Waals surface area contributed by atoms with E-state index in [-0.39, 0.29) is 12.5 Å². The first kappa shape index (κ1) is 19.1. The summed E-state index contributed by atoms with van der Waals surface area (Å²) in [6.45, 7) is 1.65. The van der Waals surface area contributed by atoms with E-state index < -0.39 is 18.5 Å². The lowest BCUT2D eigenvalue weighted by molar-refractivity contribution is -0.127. The van der Waals surface area contributed by atoms with E-state index in [9.17, 15) is 14.4 Å². The minimum absolute atomic E-state index is 0.155. The molecule has 1 heterocycles. The van der Waals surface area contributed by atoms with Crippen LogP contribution in [-0.4, -0.2) is 47.0 Å². The maximum absolute atomic E-state index is 12.1. The molecule has 0 aliphatic heterocycles. The van der Waals surface area contributed by atoms with Gasteiger partial charge in [0, 0.05) is 12.2 Å². The van der Waals surface area contributed by atoms with Crippen molar-refractivity contribution in [3.05, 3.63) is 60.4 Å². The number of aromatic nitrogens is 2. The maximum Gasteiger partial charge on any atom is 0.338 e. The average molecular weight is 380 g/mol. The van der Waals surface area contributed by atoms with Crippen LogP contribution in [0.2, 0.25) is 0 Å². The van der Waals surface area contributed by atoms with Gasteiger partial charge in [-0.1, -0.05) is 12.1 Å². The highest BCUT2D eigenvalue weighted by molar-refractivity contribution is 5.92. The molecule has 28 heavy (non-hydrogen) atoms. The van der Waals surface area contributed by atoms with Crippen molar-refractivity contribution in [3.8, 4) is 5.69 Å². The van der Waals surface area contributed by atoms with E-state index in [2.05, 4.69) is 15.6 Å². The number of para-hydroxylation sites is 2. The molecule has 0 fully saturated rings. The highest BCUT2D eigenvalue weighted by Crippen LogP contribution is 2.18.